The quantitative estimate of drug-likeness (QED) is 0.348. The monoisotopic (exact) mass is 543 g/mol. The van der Waals surface area contributed by atoms with E-state index < -0.39 is 6.04 Å². The molecule has 40 heavy (non-hydrogen) atoms. The van der Waals surface area contributed by atoms with E-state index in [2.05, 4.69) is 27.2 Å². The zero-order valence-electron chi connectivity index (χ0n) is 23.1. The van der Waals surface area contributed by atoms with Crippen LogP contribution in [0.5, 0.6) is 0 Å². The number of nitrogens with one attached hydrogen (secondary N) is 1. The second kappa shape index (κ2) is 13.1. The number of likely N-dealkylation sites (N-methyl/N-ethyl adjacent to an activating group) is 1. The van der Waals surface area contributed by atoms with Gasteiger partial charge in [-0.1, -0.05) is 43.5 Å². The standard InChI is InChI=1S/C32H38FN5O2/c1-37-18-20-38(21-19-37)32(40)29(7-4-2-3-6-26-22-28(26)23-12-14-27(33)15-13-23)36-31(39)25-10-8-24(9-11-25)30-34-16-5-17-35-30/h5,8-17,26,28-29H,2-4,6-7,18-22H2,1H3,(H,36,39)/t26-,28+,29+/m1/s1. The van der Waals surface area contributed by atoms with E-state index in [0.717, 1.165) is 44.3 Å². The average molecular weight is 544 g/mol. The minimum absolute atomic E-state index is 0.00863. The fraction of sp³-hybridized carbons (Fsp3) is 0.438. The van der Waals surface area contributed by atoms with Crippen molar-refractivity contribution < 1.29 is 14.0 Å². The molecule has 3 atom stereocenters. The number of hydrogen-bond donors (Lipinski definition) is 1. The number of carbonyl (C=O) groups excluding carboxylic acids is 2. The van der Waals surface area contributed by atoms with Crippen LogP contribution in [0, 0.1) is 11.7 Å². The molecule has 1 saturated heterocycles. The molecule has 2 heterocycles. The van der Waals surface area contributed by atoms with Crippen LogP contribution in [-0.2, 0) is 4.79 Å². The first-order chi connectivity index (χ1) is 19.5. The fourth-order valence-electron chi connectivity index (χ4n) is 5.58. The zero-order chi connectivity index (χ0) is 27.9. The van der Waals surface area contributed by atoms with Crippen LogP contribution in [0.1, 0.15) is 60.4 Å². The number of benzene rings is 2. The number of hydrogen-bond acceptors (Lipinski definition) is 5. The van der Waals surface area contributed by atoms with E-state index in [-0.39, 0.29) is 17.6 Å². The van der Waals surface area contributed by atoms with Gasteiger partial charge in [0.2, 0.25) is 5.91 Å². The molecular formula is C32H38FN5O2. The van der Waals surface area contributed by atoms with Gasteiger partial charge in [-0.05, 0) is 74.0 Å². The summed E-state index contributed by atoms with van der Waals surface area (Å²) in [7, 11) is 2.06. The number of rotatable bonds is 11. The van der Waals surface area contributed by atoms with E-state index in [0.29, 0.717) is 42.7 Å². The second-order valence-corrected chi connectivity index (χ2v) is 11.1. The molecule has 2 fully saturated rings. The third kappa shape index (κ3) is 7.30. The number of amides is 2. The van der Waals surface area contributed by atoms with Crippen molar-refractivity contribution in [1.82, 2.24) is 25.1 Å². The first-order valence-electron chi connectivity index (χ1n) is 14.4. The van der Waals surface area contributed by atoms with E-state index in [1.807, 2.05) is 29.2 Å². The lowest BCUT2D eigenvalue weighted by atomic mass is 10.0. The summed E-state index contributed by atoms with van der Waals surface area (Å²) in [5.41, 5.74) is 2.58. The first kappa shape index (κ1) is 27.9. The smallest absolute Gasteiger partial charge is 0.251 e. The lowest BCUT2D eigenvalue weighted by Gasteiger charge is -2.34. The SMILES string of the molecule is CN1CCN(C(=O)[C@H](CCCCC[C@@H]2C[C@H]2c2ccc(F)cc2)NC(=O)c2ccc(-c3ncccn3)cc2)CC1. The van der Waals surface area contributed by atoms with Crippen LogP contribution in [0.4, 0.5) is 4.39 Å². The Bertz CT molecular complexity index is 1260. The number of unbranched alkanes of at least 4 members (excludes halogenated alkanes) is 2. The molecular weight excluding hydrogens is 505 g/mol. The van der Waals surface area contributed by atoms with E-state index in [1.54, 1.807) is 42.7 Å². The molecule has 0 radical (unpaired) electrons. The van der Waals surface area contributed by atoms with Crippen molar-refractivity contribution in [2.45, 2.75) is 50.5 Å². The van der Waals surface area contributed by atoms with Gasteiger partial charge in [0.15, 0.2) is 5.82 Å². The molecule has 0 bridgehead atoms. The minimum Gasteiger partial charge on any atom is -0.340 e. The first-order valence-corrected chi connectivity index (χ1v) is 14.4. The molecule has 210 valence electrons. The lowest BCUT2D eigenvalue weighted by Crippen LogP contribution is -2.54. The third-order valence-electron chi connectivity index (χ3n) is 8.18. The van der Waals surface area contributed by atoms with Crippen molar-refractivity contribution in [1.29, 1.82) is 0 Å². The number of aromatic nitrogens is 2. The van der Waals surface area contributed by atoms with Gasteiger partial charge in [0, 0.05) is 49.7 Å². The minimum atomic E-state index is -0.541. The van der Waals surface area contributed by atoms with Gasteiger partial charge < -0.3 is 15.1 Å². The predicted octanol–water partition coefficient (Wildman–Crippen LogP) is 4.91. The van der Waals surface area contributed by atoms with Crippen molar-refractivity contribution in [2.24, 2.45) is 5.92 Å². The van der Waals surface area contributed by atoms with Crippen LogP contribution in [0.3, 0.4) is 0 Å². The van der Waals surface area contributed by atoms with E-state index >= 15 is 0 Å². The van der Waals surface area contributed by atoms with Crippen LogP contribution < -0.4 is 5.32 Å². The van der Waals surface area contributed by atoms with Crippen LogP contribution in [0.15, 0.2) is 67.0 Å². The van der Waals surface area contributed by atoms with Crippen LogP contribution in [0.25, 0.3) is 11.4 Å². The van der Waals surface area contributed by atoms with Gasteiger partial charge in [-0.15, -0.1) is 0 Å². The molecule has 7 nitrogen and oxygen atoms in total. The highest BCUT2D eigenvalue weighted by Gasteiger charge is 2.37. The summed E-state index contributed by atoms with van der Waals surface area (Å²) in [4.78, 5) is 39.3. The van der Waals surface area contributed by atoms with E-state index in [4.69, 9.17) is 0 Å². The van der Waals surface area contributed by atoms with Crippen molar-refractivity contribution in [3.05, 3.63) is 83.9 Å². The molecule has 0 spiro atoms. The van der Waals surface area contributed by atoms with Crippen molar-refractivity contribution in [3.8, 4) is 11.4 Å². The fourth-order valence-corrected chi connectivity index (χ4v) is 5.58. The third-order valence-corrected chi connectivity index (χ3v) is 8.18. The molecule has 1 aliphatic carbocycles. The van der Waals surface area contributed by atoms with Gasteiger partial charge >= 0.3 is 0 Å². The maximum absolute atomic E-state index is 13.5. The Kier molecular flexibility index (Phi) is 9.16. The zero-order valence-corrected chi connectivity index (χ0v) is 23.1. The summed E-state index contributed by atoms with van der Waals surface area (Å²) in [6, 6.07) is 15.3. The van der Waals surface area contributed by atoms with Gasteiger partial charge in [0.05, 0.1) is 0 Å². The van der Waals surface area contributed by atoms with Gasteiger partial charge in [0.25, 0.3) is 5.91 Å². The van der Waals surface area contributed by atoms with Gasteiger partial charge in [-0.2, -0.15) is 0 Å². The molecule has 2 amide bonds. The van der Waals surface area contributed by atoms with Crippen LogP contribution in [-0.4, -0.2) is 70.9 Å². The van der Waals surface area contributed by atoms with Crippen molar-refractivity contribution in [3.63, 3.8) is 0 Å². The molecule has 1 N–H and O–H groups in total. The molecule has 1 saturated carbocycles. The largest absolute Gasteiger partial charge is 0.340 e. The Hall–Kier alpha value is -3.65. The Morgan fingerprint density at radius 3 is 2.35 bits per heavy atom. The summed E-state index contributed by atoms with van der Waals surface area (Å²) >= 11 is 0. The van der Waals surface area contributed by atoms with Gasteiger partial charge in [0.1, 0.15) is 11.9 Å². The molecule has 2 aromatic carbocycles. The summed E-state index contributed by atoms with van der Waals surface area (Å²) < 4.78 is 13.2. The topological polar surface area (TPSA) is 78.4 Å². The maximum atomic E-state index is 13.5. The lowest BCUT2D eigenvalue weighted by molar-refractivity contribution is -0.135. The predicted molar refractivity (Wildman–Crippen MR) is 153 cm³/mol. The van der Waals surface area contributed by atoms with E-state index in [1.165, 1.54) is 12.0 Å². The summed E-state index contributed by atoms with van der Waals surface area (Å²) in [5, 5.41) is 3.04. The molecule has 5 rings (SSSR count). The summed E-state index contributed by atoms with van der Waals surface area (Å²) in [5.74, 6) is 1.39. The molecule has 0 unspecified atom stereocenters. The molecule has 1 aliphatic heterocycles. The molecule has 1 aromatic heterocycles. The summed E-state index contributed by atoms with van der Waals surface area (Å²) in [6.07, 6.45) is 9.29. The van der Waals surface area contributed by atoms with Crippen molar-refractivity contribution >= 4 is 11.8 Å². The molecule has 2 aliphatic rings. The van der Waals surface area contributed by atoms with Crippen LogP contribution in [0.2, 0.25) is 0 Å². The number of carbonyl (C=O) groups is 2. The highest BCUT2D eigenvalue weighted by Crippen LogP contribution is 2.50. The Labute approximate surface area is 235 Å². The highest BCUT2D eigenvalue weighted by molar-refractivity contribution is 5.97. The van der Waals surface area contributed by atoms with Crippen molar-refractivity contribution in [2.75, 3.05) is 33.2 Å². The highest BCUT2D eigenvalue weighted by atomic mass is 19.1. The Balaban J connectivity index is 1.14. The van der Waals surface area contributed by atoms with Crippen LogP contribution >= 0.6 is 0 Å². The Morgan fingerprint density at radius 1 is 0.950 bits per heavy atom. The number of piperazine rings is 1. The molecule has 3 aromatic rings. The average Bonchev–Trinajstić information content (AvgIpc) is 3.77. The molecule has 8 heteroatoms. The normalized spacial score (nSPS) is 19.7. The second-order valence-electron chi connectivity index (χ2n) is 11.1. The van der Waals surface area contributed by atoms with E-state index in [9.17, 15) is 14.0 Å². The van der Waals surface area contributed by atoms with Gasteiger partial charge in [-0.25, -0.2) is 14.4 Å². The van der Waals surface area contributed by atoms with Gasteiger partial charge in [-0.3, -0.25) is 9.59 Å². The summed E-state index contributed by atoms with van der Waals surface area (Å²) in [6.45, 7) is 3.04. The Morgan fingerprint density at radius 2 is 1.65 bits per heavy atom. The maximum Gasteiger partial charge on any atom is 0.251 e. The number of nitrogens with zero attached hydrogens (tertiary/aromatic N) is 4. The number of halogens is 1.